The van der Waals surface area contributed by atoms with Gasteiger partial charge in [-0.25, -0.2) is 4.39 Å². The van der Waals surface area contributed by atoms with Crippen molar-refractivity contribution in [1.29, 1.82) is 0 Å². The Morgan fingerprint density at radius 2 is 1.68 bits per heavy atom. The Balaban J connectivity index is 0.885. The SMILES string of the molecule is C#Cc1ccc(OC2C(C)(C)C(NC(=O)c3ccc(N4CCO[C@H](CN(C(C)C)C5CC(Oc6ccc(C(=O)N[C@H]7CCC(=O)NC7=O)c(F)c6)C5)C4)cc3)C2(C)C)cc1OC. The number of hydrogen-bond acceptors (Lipinski definition) is 10. The first-order valence-corrected chi connectivity index (χ1v) is 21.4. The Morgan fingerprint density at radius 3 is 2.32 bits per heavy atom. The highest BCUT2D eigenvalue weighted by Gasteiger charge is 2.64. The van der Waals surface area contributed by atoms with Crippen molar-refractivity contribution in [3.05, 3.63) is 83.2 Å². The number of terminal acetylenes is 1. The number of imide groups is 1. The van der Waals surface area contributed by atoms with E-state index in [0.29, 0.717) is 41.5 Å². The van der Waals surface area contributed by atoms with Crippen molar-refractivity contribution in [3.63, 3.8) is 0 Å². The smallest absolute Gasteiger partial charge is 0.254 e. The van der Waals surface area contributed by atoms with Crippen molar-refractivity contribution in [1.82, 2.24) is 20.9 Å². The Bertz CT molecular complexity index is 2200. The van der Waals surface area contributed by atoms with Crippen LogP contribution in [0.3, 0.4) is 0 Å². The number of nitrogens with one attached hydrogen (secondary N) is 3. The monoisotopic (exact) mass is 851 g/mol. The molecule has 2 saturated heterocycles. The van der Waals surface area contributed by atoms with Gasteiger partial charge in [0.15, 0.2) is 0 Å². The minimum absolute atomic E-state index is 0.0309. The van der Waals surface area contributed by atoms with Crippen LogP contribution in [0.5, 0.6) is 17.2 Å². The van der Waals surface area contributed by atoms with E-state index < -0.39 is 29.6 Å². The summed E-state index contributed by atoms with van der Waals surface area (Å²) in [5.74, 6) is 1.59. The molecule has 2 heterocycles. The zero-order valence-electron chi connectivity index (χ0n) is 36.6. The van der Waals surface area contributed by atoms with Crippen molar-refractivity contribution in [2.45, 2.75) is 110 Å². The number of benzene rings is 3. The normalized spacial score (nSPS) is 25.1. The fraction of sp³-hybridized carbons (Fsp3) is 0.500. The molecule has 4 aliphatic rings. The van der Waals surface area contributed by atoms with E-state index in [-0.39, 0.29) is 71.6 Å². The third-order valence-corrected chi connectivity index (χ3v) is 13.0. The molecule has 4 fully saturated rings. The van der Waals surface area contributed by atoms with Gasteiger partial charge in [0.25, 0.3) is 11.8 Å². The number of halogens is 1. The summed E-state index contributed by atoms with van der Waals surface area (Å²) in [6.45, 7) is 15.5. The summed E-state index contributed by atoms with van der Waals surface area (Å²) in [5.41, 5.74) is 1.36. The predicted octanol–water partition coefficient (Wildman–Crippen LogP) is 5.49. The molecule has 4 amide bonds. The summed E-state index contributed by atoms with van der Waals surface area (Å²) in [6.07, 6.45) is 7.09. The average molecular weight is 852 g/mol. The summed E-state index contributed by atoms with van der Waals surface area (Å²) in [5, 5.41) is 7.99. The van der Waals surface area contributed by atoms with Crippen molar-refractivity contribution in [2.24, 2.45) is 10.8 Å². The maximum absolute atomic E-state index is 15.0. The third-order valence-electron chi connectivity index (χ3n) is 13.0. The van der Waals surface area contributed by atoms with Crippen LogP contribution in [0.1, 0.15) is 93.5 Å². The van der Waals surface area contributed by atoms with Crippen LogP contribution in [0.25, 0.3) is 0 Å². The number of ether oxygens (including phenoxy) is 4. The molecule has 0 aromatic heterocycles. The van der Waals surface area contributed by atoms with E-state index in [9.17, 15) is 19.2 Å². The van der Waals surface area contributed by atoms with Gasteiger partial charge in [0.05, 0.1) is 30.9 Å². The number of rotatable bonds is 14. The topological polar surface area (TPSA) is 148 Å². The number of piperidine rings is 1. The van der Waals surface area contributed by atoms with Gasteiger partial charge in [0.1, 0.15) is 41.3 Å². The van der Waals surface area contributed by atoms with E-state index >= 15 is 4.39 Å². The van der Waals surface area contributed by atoms with Crippen molar-refractivity contribution in [3.8, 4) is 29.6 Å². The van der Waals surface area contributed by atoms with E-state index in [2.05, 4.69) is 73.2 Å². The number of morpholine rings is 1. The maximum Gasteiger partial charge on any atom is 0.254 e. The second-order valence-electron chi connectivity index (χ2n) is 18.3. The summed E-state index contributed by atoms with van der Waals surface area (Å²) >= 11 is 0. The lowest BCUT2D eigenvalue weighted by Gasteiger charge is -2.63. The van der Waals surface area contributed by atoms with Crippen molar-refractivity contribution >= 4 is 29.3 Å². The fourth-order valence-electron chi connectivity index (χ4n) is 9.84. The van der Waals surface area contributed by atoms with Crippen LogP contribution in [-0.4, -0.2) is 104 Å². The van der Waals surface area contributed by atoms with Crippen LogP contribution in [0.15, 0.2) is 60.7 Å². The minimum Gasteiger partial charge on any atom is -0.495 e. The van der Waals surface area contributed by atoms with Crippen LogP contribution in [-0.2, 0) is 14.3 Å². The number of carbonyl (C=O) groups excluding carboxylic acids is 4. The lowest BCUT2D eigenvalue weighted by Crippen LogP contribution is -2.74. The molecule has 13 nitrogen and oxygen atoms in total. The third kappa shape index (κ3) is 9.25. The van der Waals surface area contributed by atoms with Gasteiger partial charge in [-0.2, -0.15) is 0 Å². The van der Waals surface area contributed by atoms with Crippen LogP contribution >= 0.6 is 0 Å². The number of hydrogen-bond donors (Lipinski definition) is 3. The predicted molar refractivity (Wildman–Crippen MR) is 232 cm³/mol. The van der Waals surface area contributed by atoms with Crippen LogP contribution in [0.4, 0.5) is 10.1 Å². The lowest BCUT2D eigenvalue weighted by atomic mass is 9.49. The Kier molecular flexibility index (Phi) is 12.9. The summed E-state index contributed by atoms with van der Waals surface area (Å²) in [4.78, 5) is 54.5. The minimum atomic E-state index is -0.896. The molecular weight excluding hydrogens is 794 g/mol. The maximum atomic E-state index is 15.0. The molecule has 0 radical (unpaired) electrons. The molecule has 2 aliphatic carbocycles. The van der Waals surface area contributed by atoms with Gasteiger partial charge < -0.3 is 34.5 Å². The van der Waals surface area contributed by atoms with E-state index in [4.69, 9.17) is 25.4 Å². The lowest BCUT2D eigenvalue weighted by molar-refractivity contribution is -0.164. The Labute approximate surface area is 363 Å². The molecule has 2 atom stereocenters. The van der Waals surface area contributed by atoms with Gasteiger partial charge in [-0.1, -0.05) is 33.6 Å². The Morgan fingerprint density at radius 1 is 0.984 bits per heavy atom. The van der Waals surface area contributed by atoms with Gasteiger partial charge in [-0.05, 0) is 68.8 Å². The van der Waals surface area contributed by atoms with Crippen LogP contribution in [0.2, 0.25) is 0 Å². The number of methoxy groups -OCH3 is 1. The average Bonchev–Trinajstić information content (AvgIpc) is 3.23. The highest BCUT2D eigenvalue weighted by molar-refractivity contribution is 6.03. The molecule has 0 bridgehead atoms. The number of carbonyl (C=O) groups is 4. The van der Waals surface area contributed by atoms with E-state index in [1.807, 2.05) is 42.5 Å². The molecule has 7 rings (SSSR count). The van der Waals surface area contributed by atoms with Gasteiger partial charge in [0.2, 0.25) is 11.8 Å². The molecule has 0 spiro atoms. The molecule has 2 saturated carbocycles. The Hall–Kier alpha value is -5.65. The van der Waals surface area contributed by atoms with Gasteiger partial charge in [-0.15, -0.1) is 6.42 Å². The van der Waals surface area contributed by atoms with Gasteiger partial charge >= 0.3 is 0 Å². The van der Waals surface area contributed by atoms with Crippen molar-refractivity contribution < 1.29 is 42.5 Å². The number of anilines is 1. The second-order valence-corrected chi connectivity index (χ2v) is 18.3. The van der Waals surface area contributed by atoms with E-state index in [1.54, 1.807) is 13.2 Å². The number of nitrogens with zero attached hydrogens (tertiary/aromatic N) is 2. The van der Waals surface area contributed by atoms with Gasteiger partial charge in [-0.3, -0.25) is 29.4 Å². The molecule has 330 valence electrons. The highest BCUT2D eigenvalue weighted by Crippen LogP contribution is 2.55. The van der Waals surface area contributed by atoms with Gasteiger partial charge in [0, 0.05) is 91.2 Å². The summed E-state index contributed by atoms with van der Waals surface area (Å²) in [7, 11) is 1.58. The molecular formula is C48H58FN5O8. The zero-order chi connectivity index (χ0) is 44.5. The van der Waals surface area contributed by atoms with E-state index in [0.717, 1.165) is 31.6 Å². The first-order chi connectivity index (χ1) is 29.5. The van der Waals surface area contributed by atoms with E-state index in [1.165, 1.54) is 12.1 Å². The molecule has 3 aromatic carbocycles. The molecule has 3 aromatic rings. The van der Waals surface area contributed by atoms with Crippen LogP contribution in [0, 0.1) is 29.0 Å². The van der Waals surface area contributed by atoms with Crippen molar-refractivity contribution in [2.75, 3.05) is 38.3 Å². The molecule has 3 N–H and O–H groups in total. The second kappa shape index (κ2) is 18.0. The first-order valence-electron chi connectivity index (χ1n) is 21.4. The molecule has 62 heavy (non-hydrogen) atoms. The quantitative estimate of drug-likeness (QED) is 0.141. The highest BCUT2D eigenvalue weighted by atomic mass is 19.1. The standard InChI is InChI=1S/C48H58FN5O8/c1-9-29-12-15-34(25-40(29)59-8)62-46-47(4,5)45(48(46,6)7)52-42(56)30-10-13-31(14-11-30)53-20-21-60-36(26-53)27-54(28(2)3)32-22-35(23-32)61-33-16-17-37(38(49)24-33)43(57)50-39-18-19-41(55)51-44(39)58/h1,10-17,24-25,28,32,35-36,39,45-46H,18-23,26-27H2,2-8H3,(H,50,57)(H,52,56)(H,51,55,58)/t32?,35?,36-,39-,45?,46?/m0/s1. The number of amides is 4. The first kappa shape index (κ1) is 44.4. The zero-order valence-corrected chi connectivity index (χ0v) is 36.6. The van der Waals surface area contributed by atoms with Crippen LogP contribution < -0.4 is 35.1 Å². The molecule has 0 unspecified atom stereocenters. The molecule has 14 heteroatoms. The fourth-order valence-corrected chi connectivity index (χ4v) is 9.84. The summed E-state index contributed by atoms with van der Waals surface area (Å²) in [6, 6.07) is 16.8. The molecule has 2 aliphatic heterocycles. The largest absolute Gasteiger partial charge is 0.495 e. The summed E-state index contributed by atoms with van der Waals surface area (Å²) < 4.78 is 39.3.